The topological polar surface area (TPSA) is 113 Å². The molecule has 176 valence electrons. The predicted molar refractivity (Wildman–Crippen MR) is 130 cm³/mol. The molecule has 4 rings (SSSR count). The summed E-state index contributed by atoms with van der Waals surface area (Å²) >= 11 is 2.55. The Labute approximate surface area is 204 Å². The van der Waals surface area contributed by atoms with E-state index in [1.54, 1.807) is 25.0 Å². The van der Waals surface area contributed by atoms with Crippen molar-refractivity contribution >= 4 is 34.1 Å². The molecule has 0 fully saturated rings. The lowest BCUT2D eigenvalue weighted by Crippen LogP contribution is -2.14. The molecule has 0 radical (unpaired) electrons. The summed E-state index contributed by atoms with van der Waals surface area (Å²) in [5, 5.41) is 17.5. The molecular formula is C22H22N6O4S2. The lowest BCUT2D eigenvalue weighted by Gasteiger charge is -2.10. The van der Waals surface area contributed by atoms with Gasteiger partial charge in [-0.15, -0.1) is 16.4 Å². The van der Waals surface area contributed by atoms with E-state index in [1.165, 1.54) is 23.1 Å². The molecule has 2 aromatic heterocycles. The number of hydrogen-bond acceptors (Lipinski definition) is 10. The maximum Gasteiger partial charge on any atom is 0.236 e. The summed E-state index contributed by atoms with van der Waals surface area (Å²) in [5.74, 6) is 1.87. The number of ether oxygens (including phenoxy) is 3. The van der Waals surface area contributed by atoms with Crippen molar-refractivity contribution in [2.45, 2.75) is 12.1 Å². The van der Waals surface area contributed by atoms with Crippen LogP contribution in [-0.2, 0) is 4.79 Å². The first-order chi connectivity index (χ1) is 16.6. The zero-order chi connectivity index (χ0) is 23.9. The molecule has 1 amide bonds. The third-order valence-corrected chi connectivity index (χ3v) is 6.28. The molecule has 0 atom stereocenters. The number of tetrazole rings is 1. The Balaban J connectivity index is 1.42. The van der Waals surface area contributed by atoms with Gasteiger partial charge in [-0.25, -0.2) is 4.98 Å². The van der Waals surface area contributed by atoms with Crippen LogP contribution < -0.4 is 19.5 Å². The summed E-state index contributed by atoms with van der Waals surface area (Å²) in [7, 11) is 3.18. The number of carbonyl (C=O) groups excluding carboxylic acids is 1. The Morgan fingerprint density at radius 2 is 2.00 bits per heavy atom. The van der Waals surface area contributed by atoms with Gasteiger partial charge in [0.25, 0.3) is 0 Å². The van der Waals surface area contributed by atoms with E-state index in [-0.39, 0.29) is 11.7 Å². The zero-order valence-corrected chi connectivity index (χ0v) is 20.4. The summed E-state index contributed by atoms with van der Waals surface area (Å²) in [6.45, 7) is 2.42. The van der Waals surface area contributed by atoms with Crippen molar-refractivity contribution in [2.75, 3.05) is 31.9 Å². The normalized spacial score (nSPS) is 10.7. The van der Waals surface area contributed by atoms with E-state index in [2.05, 4.69) is 25.8 Å². The summed E-state index contributed by atoms with van der Waals surface area (Å²) in [6.07, 6.45) is 0. The Hall–Kier alpha value is -3.64. The van der Waals surface area contributed by atoms with Crippen LogP contribution in [0.1, 0.15) is 6.92 Å². The number of thioether (sulfide) groups is 1. The van der Waals surface area contributed by atoms with Crippen LogP contribution in [-0.4, -0.2) is 57.7 Å². The predicted octanol–water partition coefficient (Wildman–Crippen LogP) is 3.93. The van der Waals surface area contributed by atoms with Gasteiger partial charge < -0.3 is 19.5 Å². The molecule has 0 saturated carbocycles. The highest BCUT2D eigenvalue weighted by atomic mass is 32.2. The Morgan fingerprint density at radius 1 is 1.15 bits per heavy atom. The quantitative estimate of drug-likeness (QED) is 0.325. The summed E-state index contributed by atoms with van der Waals surface area (Å²) in [4.78, 5) is 17.1. The number of methoxy groups -OCH3 is 2. The third kappa shape index (κ3) is 5.29. The van der Waals surface area contributed by atoms with E-state index >= 15 is 0 Å². The lowest BCUT2D eigenvalue weighted by molar-refractivity contribution is -0.113. The van der Waals surface area contributed by atoms with E-state index in [0.717, 1.165) is 5.56 Å². The van der Waals surface area contributed by atoms with Crippen molar-refractivity contribution in [1.82, 2.24) is 25.2 Å². The summed E-state index contributed by atoms with van der Waals surface area (Å²) < 4.78 is 17.9. The van der Waals surface area contributed by atoms with Gasteiger partial charge in [-0.3, -0.25) is 4.79 Å². The van der Waals surface area contributed by atoms with Crippen LogP contribution in [0.4, 0.5) is 5.13 Å². The van der Waals surface area contributed by atoms with Gasteiger partial charge in [-0.2, -0.15) is 4.68 Å². The number of carbonyl (C=O) groups is 1. The van der Waals surface area contributed by atoms with Crippen molar-refractivity contribution in [2.24, 2.45) is 0 Å². The number of para-hydroxylation sites is 2. The van der Waals surface area contributed by atoms with Crippen molar-refractivity contribution in [3.05, 3.63) is 47.8 Å². The molecule has 4 aromatic rings. The molecule has 10 nitrogen and oxygen atoms in total. The minimum absolute atomic E-state index is 0.109. The number of rotatable bonds is 10. The molecule has 34 heavy (non-hydrogen) atoms. The fourth-order valence-electron chi connectivity index (χ4n) is 3.08. The lowest BCUT2D eigenvalue weighted by atomic mass is 10.1. The molecule has 0 aliphatic rings. The van der Waals surface area contributed by atoms with Crippen LogP contribution in [0.2, 0.25) is 0 Å². The molecule has 2 aromatic carbocycles. The molecule has 12 heteroatoms. The fraction of sp³-hybridized carbons (Fsp3) is 0.227. The highest BCUT2D eigenvalue weighted by Gasteiger charge is 2.16. The Kier molecular flexibility index (Phi) is 7.60. The fourth-order valence-corrected chi connectivity index (χ4v) is 4.49. The average Bonchev–Trinajstić information content (AvgIpc) is 3.52. The summed E-state index contributed by atoms with van der Waals surface area (Å²) in [5.41, 5.74) is 2.21. The first-order valence-corrected chi connectivity index (χ1v) is 12.1. The number of benzene rings is 2. The van der Waals surface area contributed by atoms with Gasteiger partial charge in [-0.1, -0.05) is 23.9 Å². The highest BCUT2D eigenvalue weighted by molar-refractivity contribution is 7.99. The molecule has 0 saturated heterocycles. The van der Waals surface area contributed by atoms with Crippen LogP contribution >= 0.6 is 23.1 Å². The van der Waals surface area contributed by atoms with Gasteiger partial charge in [0.15, 0.2) is 5.13 Å². The first-order valence-electron chi connectivity index (χ1n) is 10.2. The second kappa shape index (κ2) is 11.0. The zero-order valence-electron chi connectivity index (χ0n) is 18.7. The number of amides is 1. The highest BCUT2D eigenvalue weighted by Crippen LogP contribution is 2.35. The van der Waals surface area contributed by atoms with Gasteiger partial charge in [0.05, 0.1) is 32.3 Å². The van der Waals surface area contributed by atoms with Crippen molar-refractivity contribution < 1.29 is 19.0 Å². The third-order valence-electron chi connectivity index (χ3n) is 4.60. The summed E-state index contributed by atoms with van der Waals surface area (Å²) in [6, 6.07) is 12.9. The van der Waals surface area contributed by atoms with E-state index in [0.29, 0.717) is 45.5 Å². The SMILES string of the molecule is CCOc1ccccc1-n1nnnc1SCC(=O)Nc1nc(-c2ccc(OC)cc2OC)cs1. The van der Waals surface area contributed by atoms with Crippen molar-refractivity contribution in [1.29, 1.82) is 0 Å². The van der Waals surface area contributed by atoms with Crippen LogP contribution in [0, 0.1) is 0 Å². The second-order valence-electron chi connectivity index (χ2n) is 6.71. The Morgan fingerprint density at radius 3 is 2.79 bits per heavy atom. The first kappa shape index (κ1) is 23.5. The molecule has 0 spiro atoms. The minimum Gasteiger partial charge on any atom is -0.497 e. The maximum atomic E-state index is 12.6. The van der Waals surface area contributed by atoms with Gasteiger partial charge in [-0.05, 0) is 41.6 Å². The molecule has 1 N–H and O–H groups in total. The number of hydrogen-bond donors (Lipinski definition) is 1. The molecule has 0 unspecified atom stereocenters. The maximum absolute atomic E-state index is 12.6. The van der Waals surface area contributed by atoms with E-state index < -0.39 is 0 Å². The number of nitrogens with one attached hydrogen (secondary N) is 1. The largest absolute Gasteiger partial charge is 0.497 e. The van der Waals surface area contributed by atoms with Gasteiger partial charge >= 0.3 is 0 Å². The number of anilines is 1. The van der Waals surface area contributed by atoms with E-state index in [1.807, 2.05) is 48.7 Å². The minimum atomic E-state index is -0.222. The van der Waals surface area contributed by atoms with Crippen LogP contribution in [0.3, 0.4) is 0 Å². The van der Waals surface area contributed by atoms with E-state index in [4.69, 9.17) is 14.2 Å². The molecule has 2 heterocycles. The Bertz CT molecular complexity index is 1280. The van der Waals surface area contributed by atoms with Gasteiger partial charge in [0.1, 0.15) is 22.9 Å². The monoisotopic (exact) mass is 498 g/mol. The number of nitrogens with zero attached hydrogens (tertiary/aromatic N) is 5. The molecule has 0 bridgehead atoms. The molecule has 0 aliphatic heterocycles. The average molecular weight is 499 g/mol. The van der Waals surface area contributed by atoms with Crippen LogP contribution in [0.25, 0.3) is 16.9 Å². The van der Waals surface area contributed by atoms with Gasteiger partial charge in [0, 0.05) is 17.0 Å². The smallest absolute Gasteiger partial charge is 0.236 e. The molecule has 0 aliphatic carbocycles. The van der Waals surface area contributed by atoms with Crippen molar-refractivity contribution in [3.63, 3.8) is 0 Å². The number of thiazole rings is 1. The van der Waals surface area contributed by atoms with Gasteiger partial charge in [0.2, 0.25) is 11.1 Å². The van der Waals surface area contributed by atoms with Crippen LogP contribution in [0.5, 0.6) is 17.2 Å². The van der Waals surface area contributed by atoms with E-state index in [9.17, 15) is 4.79 Å². The van der Waals surface area contributed by atoms with Crippen molar-refractivity contribution in [3.8, 4) is 34.2 Å². The standard InChI is InChI=1S/C22H22N6O4S2/c1-4-32-18-8-6-5-7-17(18)28-22(25-26-27-28)34-13-20(29)24-21-23-16(12-33-21)15-10-9-14(30-2)11-19(15)31-3/h5-12H,4,13H2,1-3H3,(H,23,24,29). The number of aromatic nitrogens is 5. The molecular weight excluding hydrogens is 476 g/mol. The second-order valence-corrected chi connectivity index (χ2v) is 8.52. The van der Waals surface area contributed by atoms with Crippen LogP contribution in [0.15, 0.2) is 53.0 Å².